The smallest absolute Gasteiger partial charge is 0.262 e. The van der Waals surface area contributed by atoms with Crippen molar-refractivity contribution in [1.29, 1.82) is 0 Å². The molecule has 3 rings (SSSR count). The van der Waals surface area contributed by atoms with E-state index in [-0.39, 0.29) is 24.3 Å². The highest BCUT2D eigenvalue weighted by atomic mass is 16.5. The Kier molecular flexibility index (Phi) is 6.35. The first-order chi connectivity index (χ1) is 13.5. The van der Waals surface area contributed by atoms with Gasteiger partial charge in [0.2, 0.25) is 12.3 Å². The number of aryl methyl sites for hydroxylation is 1. The normalized spacial score (nSPS) is 20.4. The summed E-state index contributed by atoms with van der Waals surface area (Å²) in [5.74, 6) is 0.0811. The molecule has 1 aromatic carbocycles. The third kappa shape index (κ3) is 4.92. The highest BCUT2D eigenvalue weighted by molar-refractivity contribution is 5.81. The average molecular weight is 386 g/mol. The fraction of sp³-hybridized carbons (Fsp3) is 0.526. The van der Waals surface area contributed by atoms with Gasteiger partial charge in [-0.2, -0.15) is 0 Å². The number of fused-ring (bicyclic) bond motifs is 1. The Morgan fingerprint density at radius 2 is 2.04 bits per heavy atom. The third-order valence-corrected chi connectivity index (χ3v) is 5.38. The summed E-state index contributed by atoms with van der Waals surface area (Å²) in [6.45, 7) is 4.11. The number of nitrogens with zero attached hydrogens (tertiary/aromatic N) is 4. The van der Waals surface area contributed by atoms with Gasteiger partial charge in [0.25, 0.3) is 5.95 Å². The lowest BCUT2D eigenvalue weighted by molar-refractivity contribution is -0.156. The monoisotopic (exact) mass is 386 g/mol. The number of rotatable bonds is 7. The van der Waals surface area contributed by atoms with Crippen molar-refractivity contribution in [2.24, 2.45) is 17.8 Å². The molecule has 1 saturated carbocycles. The lowest BCUT2D eigenvalue weighted by atomic mass is 9.76. The Balaban J connectivity index is 1.67. The lowest BCUT2D eigenvalue weighted by Crippen LogP contribution is -2.44. The molecule has 9 nitrogen and oxygen atoms in total. The highest BCUT2D eigenvalue weighted by Crippen LogP contribution is 2.33. The molecule has 2 aromatic rings. The summed E-state index contributed by atoms with van der Waals surface area (Å²) >= 11 is 0. The fourth-order valence-electron chi connectivity index (χ4n) is 3.69. The Bertz CT molecular complexity index is 838. The maximum absolute atomic E-state index is 12.8. The molecule has 1 atom stereocenters. The fourth-order valence-corrected chi connectivity index (χ4v) is 3.69. The van der Waals surface area contributed by atoms with Crippen molar-refractivity contribution in [3.8, 4) is 0 Å². The SMILES string of the molecule is Cc1ccc2nc(NNC(=O)[C@@H](CN(O)C=O)C3CCC(C)CC3)nnc2c1. The van der Waals surface area contributed by atoms with E-state index in [1.165, 1.54) is 0 Å². The molecule has 0 spiro atoms. The second-order valence-electron chi connectivity index (χ2n) is 7.60. The van der Waals surface area contributed by atoms with E-state index in [9.17, 15) is 14.8 Å². The number of carbonyl (C=O) groups excluding carboxylic acids is 2. The van der Waals surface area contributed by atoms with Gasteiger partial charge in [-0.15, -0.1) is 10.2 Å². The van der Waals surface area contributed by atoms with Gasteiger partial charge in [-0.05, 0) is 49.3 Å². The molecule has 0 radical (unpaired) electrons. The number of benzene rings is 1. The molecule has 1 aromatic heterocycles. The number of aromatic nitrogens is 3. The van der Waals surface area contributed by atoms with E-state index in [0.29, 0.717) is 28.4 Å². The van der Waals surface area contributed by atoms with Gasteiger partial charge in [-0.1, -0.05) is 25.8 Å². The number of hydrazine groups is 1. The highest BCUT2D eigenvalue weighted by Gasteiger charge is 2.32. The zero-order valence-corrected chi connectivity index (χ0v) is 16.1. The number of nitrogens with one attached hydrogen (secondary N) is 2. The van der Waals surface area contributed by atoms with Gasteiger partial charge in [0.05, 0.1) is 18.0 Å². The van der Waals surface area contributed by atoms with Gasteiger partial charge in [-0.25, -0.2) is 10.0 Å². The second kappa shape index (κ2) is 8.92. The van der Waals surface area contributed by atoms with Crippen LogP contribution in [0.25, 0.3) is 11.0 Å². The van der Waals surface area contributed by atoms with Crippen molar-refractivity contribution in [3.63, 3.8) is 0 Å². The summed E-state index contributed by atoms with van der Waals surface area (Å²) in [6.07, 6.45) is 4.16. The molecule has 3 N–H and O–H groups in total. The van der Waals surface area contributed by atoms with Crippen molar-refractivity contribution >= 4 is 29.3 Å². The first kappa shape index (κ1) is 19.9. The van der Waals surface area contributed by atoms with Crippen LogP contribution in [0.4, 0.5) is 5.95 Å². The van der Waals surface area contributed by atoms with Crippen LogP contribution in [0.15, 0.2) is 18.2 Å². The van der Waals surface area contributed by atoms with E-state index < -0.39 is 5.92 Å². The Labute approximate surface area is 163 Å². The number of amides is 2. The van der Waals surface area contributed by atoms with E-state index >= 15 is 0 Å². The minimum absolute atomic E-state index is 0.0494. The zero-order valence-electron chi connectivity index (χ0n) is 16.1. The van der Waals surface area contributed by atoms with E-state index in [2.05, 4.69) is 33.0 Å². The molecular formula is C19H26N6O3. The number of anilines is 1. The van der Waals surface area contributed by atoms with Gasteiger partial charge in [0.1, 0.15) is 5.52 Å². The minimum atomic E-state index is -0.522. The van der Waals surface area contributed by atoms with E-state index in [0.717, 1.165) is 31.2 Å². The predicted molar refractivity (Wildman–Crippen MR) is 103 cm³/mol. The summed E-state index contributed by atoms with van der Waals surface area (Å²) in [5, 5.41) is 18.2. The van der Waals surface area contributed by atoms with Crippen molar-refractivity contribution in [2.75, 3.05) is 12.0 Å². The molecule has 9 heteroatoms. The topological polar surface area (TPSA) is 120 Å². The van der Waals surface area contributed by atoms with Crippen LogP contribution < -0.4 is 10.9 Å². The lowest BCUT2D eigenvalue weighted by Gasteiger charge is -2.32. The standard InChI is InChI=1S/C19H26N6O3/c1-12-3-6-14(7-4-12)15(10-25(28)11-26)18(27)22-24-19-20-16-8-5-13(2)9-17(16)21-23-19/h5,8-9,11-12,14-15,28H,3-4,6-7,10H2,1-2H3,(H,22,27)(H,20,23,24)/t12?,14?,15-/m0/s1. The van der Waals surface area contributed by atoms with Crippen LogP contribution >= 0.6 is 0 Å². The molecule has 0 saturated heterocycles. The molecule has 0 bridgehead atoms. The van der Waals surface area contributed by atoms with Crippen molar-refractivity contribution in [2.45, 2.75) is 39.5 Å². The molecule has 0 unspecified atom stereocenters. The van der Waals surface area contributed by atoms with Gasteiger partial charge < -0.3 is 0 Å². The van der Waals surface area contributed by atoms with Crippen LogP contribution in [-0.2, 0) is 9.59 Å². The maximum atomic E-state index is 12.8. The second-order valence-corrected chi connectivity index (χ2v) is 7.60. The van der Waals surface area contributed by atoms with Crippen LogP contribution in [0.2, 0.25) is 0 Å². The van der Waals surface area contributed by atoms with Crippen molar-refractivity contribution < 1.29 is 14.8 Å². The Morgan fingerprint density at radius 3 is 2.75 bits per heavy atom. The zero-order chi connectivity index (χ0) is 20.1. The molecule has 1 aliphatic rings. The van der Waals surface area contributed by atoms with Gasteiger partial charge in [0, 0.05) is 0 Å². The average Bonchev–Trinajstić information content (AvgIpc) is 2.70. The molecule has 1 fully saturated rings. The Morgan fingerprint density at radius 1 is 1.29 bits per heavy atom. The predicted octanol–water partition coefficient (Wildman–Crippen LogP) is 2.07. The maximum Gasteiger partial charge on any atom is 0.262 e. The molecule has 28 heavy (non-hydrogen) atoms. The summed E-state index contributed by atoms with van der Waals surface area (Å²) in [4.78, 5) is 27.9. The van der Waals surface area contributed by atoms with Crippen LogP contribution in [0.5, 0.6) is 0 Å². The largest absolute Gasteiger partial charge is 0.286 e. The summed E-state index contributed by atoms with van der Waals surface area (Å²) in [7, 11) is 0. The molecular weight excluding hydrogens is 360 g/mol. The summed E-state index contributed by atoms with van der Waals surface area (Å²) < 4.78 is 0. The summed E-state index contributed by atoms with van der Waals surface area (Å²) in [5.41, 5.74) is 7.70. The van der Waals surface area contributed by atoms with Crippen molar-refractivity contribution in [1.82, 2.24) is 25.7 Å². The van der Waals surface area contributed by atoms with E-state index in [1.807, 2.05) is 25.1 Å². The quantitative estimate of drug-likeness (QED) is 0.378. The first-order valence-electron chi connectivity index (χ1n) is 9.54. The van der Waals surface area contributed by atoms with Crippen LogP contribution in [0.3, 0.4) is 0 Å². The number of carbonyl (C=O) groups is 2. The molecule has 150 valence electrons. The van der Waals surface area contributed by atoms with Crippen molar-refractivity contribution in [3.05, 3.63) is 23.8 Å². The summed E-state index contributed by atoms with van der Waals surface area (Å²) in [6, 6.07) is 5.65. The van der Waals surface area contributed by atoms with Gasteiger partial charge in [-0.3, -0.25) is 25.6 Å². The van der Waals surface area contributed by atoms with Gasteiger partial charge in [0.15, 0.2) is 0 Å². The van der Waals surface area contributed by atoms with E-state index in [4.69, 9.17) is 0 Å². The van der Waals surface area contributed by atoms with Crippen LogP contribution in [-0.4, -0.2) is 44.3 Å². The number of hydrogen-bond donors (Lipinski definition) is 3. The number of hydrogen-bond acceptors (Lipinski definition) is 7. The molecule has 1 heterocycles. The van der Waals surface area contributed by atoms with E-state index in [1.54, 1.807) is 0 Å². The first-order valence-corrected chi connectivity index (χ1v) is 9.54. The van der Waals surface area contributed by atoms with Gasteiger partial charge >= 0.3 is 0 Å². The van der Waals surface area contributed by atoms with Crippen LogP contribution in [0.1, 0.15) is 38.2 Å². The number of hydroxylamine groups is 2. The molecule has 2 amide bonds. The molecule has 1 aliphatic carbocycles. The third-order valence-electron chi connectivity index (χ3n) is 5.38. The minimum Gasteiger partial charge on any atom is -0.286 e. The Hall–Kier alpha value is -2.81. The molecule has 0 aliphatic heterocycles. The van der Waals surface area contributed by atoms with Crippen LogP contribution in [0, 0.1) is 24.7 Å².